The van der Waals surface area contributed by atoms with Gasteiger partial charge < -0.3 is 4.74 Å². The Morgan fingerprint density at radius 3 is 2.45 bits per heavy atom. The van der Waals surface area contributed by atoms with E-state index in [0.29, 0.717) is 18.9 Å². The van der Waals surface area contributed by atoms with Crippen LogP contribution in [0.25, 0.3) is 0 Å². The second kappa shape index (κ2) is 7.91. The predicted molar refractivity (Wildman–Crippen MR) is 83.0 cm³/mol. The van der Waals surface area contributed by atoms with Crippen molar-refractivity contribution in [2.75, 3.05) is 13.2 Å². The summed E-state index contributed by atoms with van der Waals surface area (Å²) in [6.07, 6.45) is 1.70. The molecule has 0 aromatic heterocycles. The lowest BCUT2D eigenvalue weighted by Crippen LogP contribution is -2.42. The number of hydrogen-bond donors (Lipinski definition) is 1. The molecule has 0 aliphatic heterocycles. The van der Waals surface area contributed by atoms with Gasteiger partial charge in [-0.25, -0.2) is 0 Å². The number of rotatable bonds is 8. The van der Waals surface area contributed by atoms with Gasteiger partial charge in [-0.15, -0.1) is 0 Å². The molecule has 0 fully saturated rings. The Kier molecular flexibility index (Phi) is 6.54. The highest BCUT2D eigenvalue weighted by Crippen LogP contribution is 2.19. The molecule has 1 unspecified atom stereocenters. The molecule has 0 amide bonds. The van der Waals surface area contributed by atoms with E-state index in [2.05, 4.69) is 44.3 Å². The van der Waals surface area contributed by atoms with Crippen LogP contribution in [0.4, 0.5) is 0 Å². The molecule has 3 heteroatoms. The summed E-state index contributed by atoms with van der Waals surface area (Å²) in [5, 5.41) is 12.5. The summed E-state index contributed by atoms with van der Waals surface area (Å²) in [5.41, 5.74) is 0.803. The fourth-order valence-corrected chi connectivity index (χ4v) is 1.91. The van der Waals surface area contributed by atoms with Crippen LogP contribution in [0.3, 0.4) is 0 Å². The zero-order valence-corrected chi connectivity index (χ0v) is 13.1. The summed E-state index contributed by atoms with van der Waals surface area (Å²) >= 11 is 0. The van der Waals surface area contributed by atoms with E-state index >= 15 is 0 Å². The third-order valence-corrected chi connectivity index (χ3v) is 3.43. The first-order valence-electron chi connectivity index (χ1n) is 7.40. The fourth-order valence-electron chi connectivity index (χ4n) is 1.91. The first-order chi connectivity index (χ1) is 9.50. The molecule has 1 N–H and O–H groups in total. The Balaban J connectivity index is 2.45. The van der Waals surface area contributed by atoms with Crippen molar-refractivity contribution in [2.24, 2.45) is 0 Å². The number of benzene rings is 1. The molecule has 0 saturated carbocycles. The third kappa shape index (κ3) is 5.22. The van der Waals surface area contributed by atoms with Crippen molar-refractivity contribution in [3.05, 3.63) is 29.8 Å². The molecular weight excluding hydrogens is 248 g/mol. The Hall–Kier alpha value is -1.53. The number of nitrogens with zero attached hydrogens (tertiary/aromatic N) is 1. The number of ether oxygens (including phenoxy) is 1. The minimum Gasteiger partial charge on any atom is -0.493 e. The van der Waals surface area contributed by atoms with Crippen LogP contribution >= 0.6 is 0 Å². The summed E-state index contributed by atoms with van der Waals surface area (Å²) < 4.78 is 5.73. The first kappa shape index (κ1) is 16.5. The van der Waals surface area contributed by atoms with E-state index in [4.69, 9.17) is 4.74 Å². The minimum atomic E-state index is -0.506. The lowest BCUT2D eigenvalue weighted by Gasteiger charge is -2.23. The Morgan fingerprint density at radius 2 is 1.95 bits per heavy atom. The van der Waals surface area contributed by atoms with Crippen LogP contribution in [0.5, 0.6) is 5.75 Å². The maximum absolute atomic E-state index is 9.24. The molecule has 0 radical (unpaired) electrons. The molecule has 1 aromatic rings. The second-order valence-electron chi connectivity index (χ2n) is 5.69. The normalized spacial score (nSPS) is 13.8. The van der Waals surface area contributed by atoms with Crippen LogP contribution in [-0.2, 0) is 0 Å². The zero-order chi connectivity index (χ0) is 15.0. The minimum absolute atomic E-state index is 0.506. The van der Waals surface area contributed by atoms with Crippen molar-refractivity contribution in [1.29, 1.82) is 5.26 Å². The van der Waals surface area contributed by atoms with E-state index in [-0.39, 0.29) is 0 Å². The molecule has 0 aliphatic rings. The predicted octanol–water partition coefficient (Wildman–Crippen LogP) is 3.86. The maximum atomic E-state index is 9.24. The van der Waals surface area contributed by atoms with Crippen molar-refractivity contribution >= 4 is 0 Å². The topological polar surface area (TPSA) is 45.0 Å². The maximum Gasteiger partial charge on any atom is 0.119 e. The van der Waals surface area contributed by atoms with Crippen LogP contribution in [0.2, 0.25) is 0 Å². The van der Waals surface area contributed by atoms with E-state index in [0.717, 1.165) is 18.7 Å². The van der Waals surface area contributed by atoms with Gasteiger partial charge in [0.25, 0.3) is 0 Å². The van der Waals surface area contributed by atoms with Gasteiger partial charge in [0.1, 0.15) is 11.3 Å². The van der Waals surface area contributed by atoms with Crippen LogP contribution in [0.1, 0.15) is 52.0 Å². The Morgan fingerprint density at radius 1 is 1.30 bits per heavy atom. The lowest BCUT2D eigenvalue weighted by atomic mass is 10.0. The smallest absolute Gasteiger partial charge is 0.119 e. The van der Waals surface area contributed by atoms with E-state index in [1.807, 2.05) is 19.1 Å². The molecule has 0 aliphatic carbocycles. The van der Waals surface area contributed by atoms with Crippen molar-refractivity contribution in [3.8, 4) is 11.8 Å². The Bertz CT molecular complexity index is 433. The summed E-state index contributed by atoms with van der Waals surface area (Å²) in [6.45, 7) is 9.77. The fraction of sp³-hybridized carbons (Fsp3) is 0.588. The van der Waals surface area contributed by atoms with Crippen molar-refractivity contribution < 1.29 is 4.74 Å². The van der Waals surface area contributed by atoms with Gasteiger partial charge in [-0.05, 0) is 43.5 Å². The SMILES string of the molecule is CCCNC(C)(C#N)CCOc1ccc(C(C)C)cc1. The monoisotopic (exact) mass is 274 g/mol. The summed E-state index contributed by atoms with van der Waals surface area (Å²) in [5.74, 6) is 1.40. The van der Waals surface area contributed by atoms with Gasteiger partial charge in [0.2, 0.25) is 0 Å². The van der Waals surface area contributed by atoms with Gasteiger partial charge in [0, 0.05) is 6.42 Å². The second-order valence-corrected chi connectivity index (χ2v) is 5.69. The van der Waals surface area contributed by atoms with Gasteiger partial charge >= 0.3 is 0 Å². The van der Waals surface area contributed by atoms with E-state index in [1.54, 1.807) is 0 Å². The average molecular weight is 274 g/mol. The first-order valence-corrected chi connectivity index (χ1v) is 7.40. The number of hydrogen-bond acceptors (Lipinski definition) is 3. The van der Waals surface area contributed by atoms with Crippen molar-refractivity contribution in [3.63, 3.8) is 0 Å². The third-order valence-electron chi connectivity index (χ3n) is 3.43. The van der Waals surface area contributed by atoms with Crippen LogP contribution in [0, 0.1) is 11.3 Å². The molecule has 1 rings (SSSR count). The molecule has 3 nitrogen and oxygen atoms in total. The van der Waals surface area contributed by atoms with Crippen LogP contribution in [-0.4, -0.2) is 18.7 Å². The lowest BCUT2D eigenvalue weighted by molar-refractivity contribution is 0.267. The summed E-state index contributed by atoms with van der Waals surface area (Å²) in [6, 6.07) is 10.5. The number of nitriles is 1. The van der Waals surface area contributed by atoms with Crippen LogP contribution in [0.15, 0.2) is 24.3 Å². The molecule has 1 atom stereocenters. The molecule has 0 bridgehead atoms. The number of nitrogens with one attached hydrogen (secondary N) is 1. The van der Waals surface area contributed by atoms with Gasteiger partial charge in [-0.1, -0.05) is 32.9 Å². The highest BCUT2D eigenvalue weighted by Gasteiger charge is 2.22. The largest absolute Gasteiger partial charge is 0.493 e. The summed E-state index contributed by atoms with van der Waals surface area (Å²) in [4.78, 5) is 0. The van der Waals surface area contributed by atoms with Crippen molar-refractivity contribution in [2.45, 2.75) is 52.0 Å². The molecule has 0 spiro atoms. The molecule has 0 saturated heterocycles. The average Bonchev–Trinajstić information content (AvgIpc) is 2.45. The molecular formula is C17H26N2O. The highest BCUT2D eigenvalue weighted by molar-refractivity contribution is 5.28. The Labute approximate surface area is 123 Å². The van der Waals surface area contributed by atoms with Gasteiger partial charge in [0.15, 0.2) is 0 Å². The molecule has 1 aromatic carbocycles. The standard InChI is InChI=1S/C17H26N2O/c1-5-11-19-17(4,13-18)10-12-20-16-8-6-15(7-9-16)14(2)3/h6-9,14,19H,5,10-12H2,1-4H3. The van der Waals surface area contributed by atoms with Gasteiger partial charge in [-0.2, -0.15) is 5.26 Å². The summed E-state index contributed by atoms with van der Waals surface area (Å²) in [7, 11) is 0. The quantitative estimate of drug-likeness (QED) is 0.783. The van der Waals surface area contributed by atoms with Crippen LogP contribution < -0.4 is 10.1 Å². The zero-order valence-electron chi connectivity index (χ0n) is 13.1. The molecule has 20 heavy (non-hydrogen) atoms. The molecule has 110 valence electrons. The van der Waals surface area contributed by atoms with Gasteiger partial charge in [0.05, 0.1) is 12.7 Å². The van der Waals surface area contributed by atoms with E-state index in [1.165, 1.54) is 5.56 Å². The van der Waals surface area contributed by atoms with Gasteiger partial charge in [-0.3, -0.25) is 5.32 Å². The van der Waals surface area contributed by atoms with Crippen molar-refractivity contribution in [1.82, 2.24) is 5.32 Å². The highest BCUT2D eigenvalue weighted by atomic mass is 16.5. The van der Waals surface area contributed by atoms with E-state index < -0.39 is 5.54 Å². The van der Waals surface area contributed by atoms with E-state index in [9.17, 15) is 5.26 Å². The molecule has 0 heterocycles.